The minimum Gasteiger partial charge on any atom is -0.495 e. The first-order valence-electron chi connectivity index (χ1n) is 10.1. The van der Waals surface area contributed by atoms with Crippen LogP contribution in [0.1, 0.15) is 15.9 Å². The van der Waals surface area contributed by atoms with Crippen LogP contribution in [0.25, 0.3) is 11.0 Å². The fraction of sp³-hybridized carbons (Fsp3) is 0.0833. The Kier molecular flexibility index (Phi) is 6.58. The molecule has 1 heterocycles. The van der Waals surface area contributed by atoms with E-state index in [2.05, 4.69) is 15.2 Å². The number of nitrogens with one attached hydrogen (secondary N) is 2. The average molecular weight is 498 g/mol. The number of methoxy groups -OCH3 is 1. The molecule has 34 heavy (non-hydrogen) atoms. The van der Waals surface area contributed by atoms with Crippen molar-refractivity contribution in [2.24, 2.45) is 5.10 Å². The molecule has 4 aromatic rings. The zero-order valence-corrected chi connectivity index (χ0v) is 19.8. The van der Waals surface area contributed by atoms with Gasteiger partial charge in [-0.2, -0.15) is 13.2 Å². The summed E-state index contributed by atoms with van der Waals surface area (Å²) in [6.45, 7) is 1.85. The summed E-state index contributed by atoms with van der Waals surface area (Å²) >= 11 is 6.06. The van der Waals surface area contributed by atoms with Gasteiger partial charge >= 0.3 is 0 Å². The number of carbonyl (C=O) groups excluding carboxylic acids is 1. The highest BCUT2D eigenvalue weighted by atomic mass is 35.5. The third kappa shape index (κ3) is 5.05. The number of amides is 1. The summed E-state index contributed by atoms with van der Waals surface area (Å²) < 4.78 is 36.4. The number of benzene rings is 3. The van der Waals surface area contributed by atoms with Crippen molar-refractivity contribution in [3.05, 3.63) is 94.5 Å². The predicted molar refractivity (Wildman–Crippen MR) is 129 cm³/mol. The van der Waals surface area contributed by atoms with Crippen molar-refractivity contribution in [3.8, 4) is 5.75 Å². The minimum atomic E-state index is -3.99. The SMILES string of the molecule is COc1ccc(Cl)cc1NC(=O)c1cc2ccccc2oc1=NNS(=O)(=O)c1ccc(C)cc1. The Bertz CT molecular complexity index is 1550. The van der Waals surface area contributed by atoms with E-state index in [1.54, 1.807) is 54.6 Å². The summed E-state index contributed by atoms with van der Waals surface area (Å²) in [6.07, 6.45) is 0. The van der Waals surface area contributed by atoms with Gasteiger partial charge in [0.15, 0.2) is 0 Å². The van der Waals surface area contributed by atoms with E-state index in [0.717, 1.165) is 5.56 Å². The molecule has 10 heteroatoms. The summed E-state index contributed by atoms with van der Waals surface area (Å²) in [4.78, 5) is 15.4. The second-order valence-electron chi connectivity index (χ2n) is 7.32. The van der Waals surface area contributed by atoms with Gasteiger partial charge in [-0.3, -0.25) is 4.79 Å². The molecule has 0 unspecified atom stereocenters. The van der Waals surface area contributed by atoms with Crippen LogP contribution in [0.2, 0.25) is 5.02 Å². The van der Waals surface area contributed by atoms with Crippen molar-refractivity contribution in [2.45, 2.75) is 11.8 Å². The van der Waals surface area contributed by atoms with Crippen LogP contribution in [-0.4, -0.2) is 21.4 Å². The fourth-order valence-electron chi connectivity index (χ4n) is 3.15. The van der Waals surface area contributed by atoms with Gasteiger partial charge in [-0.15, -0.1) is 5.10 Å². The maximum absolute atomic E-state index is 13.2. The van der Waals surface area contributed by atoms with Crippen molar-refractivity contribution in [3.63, 3.8) is 0 Å². The molecule has 1 amide bonds. The third-order valence-corrected chi connectivity index (χ3v) is 6.37. The molecule has 0 spiro atoms. The van der Waals surface area contributed by atoms with Crippen LogP contribution in [-0.2, 0) is 10.0 Å². The lowest BCUT2D eigenvalue weighted by atomic mass is 10.1. The van der Waals surface area contributed by atoms with Gasteiger partial charge in [0.25, 0.3) is 15.9 Å². The lowest BCUT2D eigenvalue weighted by Crippen LogP contribution is -2.27. The quantitative estimate of drug-likeness (QED) is 0.382. The van der Waals surface area contributed by atoms with Crippen LogP contribution >= 0.6 is 11.6 Å². The van der Waals surface area contributed by atoms with Gasteiger partial charge in [0.2, 0.25) is 5.55 Å². The molecule has 174 valence electrons. The second kappa shape index (κ2) is 9.58. The first-order chi connectivity index (χ1) is 16.3. The molecule has 0 saturated heterocycles. The summed E-state index contributed by atoms with van der Waals surface area (Å²) in [6, 6.07) is 19.6. The van der Waals surface area contributed by atoms with E-state index < -0.39 is 15.9 Å². The average Bonchev–Trinajstić information content (AvgIpc) is 2.82. The maximum Gasteiger partial charge on any atom is 0.276 e. The van der Waals surface area contributed by atoms with Crippen molar-refractivity contribution in [2.75, 3.05) is 12.4 Å². The Morgan fingerprint density at radius 1 is 1.03 bits per heavy atom. The molecular weight excluding hydrogens is 478 g/mol. The number of hydrogen-bond acceptors (Lipinski definition) is 6. The summed E-state index contributed by atoms with van der Waals surface area (Å²) in [5.74, 6) is -0.197. The Morgan fingerprint density at radius 2 is 1.76 bits per heavy atom. The third-order valence-electron chi connectivity index (χ3n) is 4.91. The largest absolute Gasteiger partial charge is 0.495 e. The van der Waals surface area contributed by atoms with Gasteiger partial charge in [0, 0.05) is 10.4 Å². The van der Waals surface area contributed by atoms with Gasteiger partial charge in [0.1, 0.15) is 16.9 Å². The Balaban J connectivity index is 1.77. The number of hydrogen-bond donors (Lipinski definition) is 2. The zero-order chi connectivity index (χ0) is 24.3. The monoisotopic (exact) mass is 497 g/mol. The van der Waals surface area contributed by atoms with Gasteiger partial charge in [-0.05, 0) is 49.4 Å². The number of halogens is 1. The van der Waals surface area contributed by atoms with Crippen molar-refractivity contribution in [1.82, 2.24) is 4.83 Å². The van der Waals surface area contributed by atoms with E-state index in [9.17, 15) is 13.2 Å². The van der Waals surface area contributed by atoms with E-state index in [1.165, 1.54) is 25.3 Å². The molecule has 4 rings (SSSR count). The van der Waals surface area contributed by atoms with Crippen LogP contribution in [0, 0.1) is 6.92 Å². The Morgan fingerprint density at radius 3 is 2.50 bits per heavy atom. The molecule has 0 aliphatic heterocycles. The molecule has 3 aromatic carbocycles. The van der Waals surface area contributed by atoms with Gasteiger partial charge in [0.05, 0.1) is 17.7 Å². The first kappa shape index (κ1) is 23.3. The van der Waals surface area contributed by atoms with Crippen molar-refractivity contribution < 1.29 is 22.4 Å². The number of para-hydroxylation sites is 1. The van der Waals surface area contributed by atoms with Crippen LogP contribution in [0.5, 0.6) is 5.75 Å². The summed E-state index contributed by atoms with van der Waals surface area (Å²) in [5.41, 5.74) is 1.46. The number of fused-ring (bicyclic) bond motifs is 1. The highest BCUT2D eigenvalue weighted by Gasteiger charge is 2.17. The van der Waals surface area contributed by atoms with Crippen molar-refractivity contribution in [1.29, 1.82) is 0 Å². The highest BCUT2D eigenvalue weighted by Crippen LogP contribution is 2.28. The number of ether oxygens (including phenoxy) is 1. The molecule has 0 atom stereocenters. The van der Waals surface area contributed by atoms with E-state index in [1.807, 2.05) is 6.92 Å². The summed E-state index contributed by atoms with van der Waals surface area (Å²) in [7, 11) is -2.53. The molecule has 0 saturated carbocycles. The second-order valence-corrected chi connectivity index (χ2v) is 9.42. The molecule has 0 radical (unpaired) electrons. The zero-order valence-electron chi connectivity index (χ0n) is 18.2. The van der Waals surface area contributed by atoms with Crippen LogP contribution < -0.4 is 20.4 Å². The number of carbonyl (C=O) groups is 1. The number of nitrogens with zero attached hydrogens (tertiary/aromatic N) is 1. The van der Waals surface area contributed by atoms with Crippen LogP contribution in [0.15, 0.2) is 87.2 Å². The number of aryl methyl sites for hydroxylation is 1. The summed E-state index contributed by atoms with van der Waals surface area (Å²) in [5, 5.41) is 7.67. The van der Waals surface area contributed by atoms with Gasteiger partial charge in [-0.25, -0.2) is 0 Å². The lowest BCUT2D eigenvalue weighted by Gasteiger charge is -2.11. The molecule has 0 aliphatic carbocycles. The van der Waals surface area contributed by atoms with Gasteiger partial charge < -0.3 is 14.5 Å². The molecule has 8 nitrogen and oxygen atoms in total. The van der Waals surface area contributed by atoms with E-state index in [4.69, 9.17) is 20.8 Å². The fourth-order valence-corrected chi connectivity index (χ4v) is 4.13. The predicted octanol–water partition coefficient (Wildman–Crippen LogP) is 4.45. The molecule has 0 bridgehead atoms. The molecule has 2 N–H and O–H groups in total. The lowest BCUT2D eigenvalue weighted by molar-refractivity contribution is 0.102. The number of sulfonamides is 1. The van der Waals surface area contributed by atoms with Crippen molar-refractivity contribution >= 4 is 44.2 Å². The molecule has 0 fully saturated rings. The maximum atomic E-state index is 13.2. The number of rotatable bonds is 6. The van der Waals surface area contributed by atoms with Crippen LogP contribution in [0.3, 0.4) is 0 Å². The molecule has 1 aromatic heterocycles. The van der Waals surface area contributed by atoms with E-state index in [0.29, 0.717) is 27.4 Å². The standard InChI is InChI=1S/C24H20ClN3O5S/c1-15-7-10-18(11-8-15)34(30,31)28-27-24-19(13-16-5-3-4-6-21(16)33-24)23(29)26-20-14-17(25)9-12-22(20)32-2/h3-14,28H,1-2H3,(H,26,29). The van der Waals surface area contributed by atoms with Gasteiger partial charge in [-0.1, -0.05) is 47.5 Å². The Labute approximate surface area is 200 Å². The molecular formula is C24H20ClN3O5S. The normalized spacial score (nSPS) is 11.9. The Hall–Kier alpha value is -3.82. The first-order valence-corrected chi connectivity index (χ1v) is 11.9. The highest BCUT2D eigenvalue weighted by molar-refractivity contribution is 7.89. The number of anilines is 1. The topological polar surface area (TPSA) is 110 Å². The van der Waals surface area contributed by atoms with E-state index >= 15 is 0 Å². The van der Waals surface area contributed by atoms with E-state index in [-0.39, 0.29) is 16.0 Å². The smallest absolute Gasteiger partial charge is 0.276 e. The molecule has 0 aliphatic rings. The minimum absolute atomic E-state index is 0.00679. The van der Waals surface area contributed by atoms with Crippen LogP contribution in [0.4, 0.5) is 5.69 Å².